The predicted octanol–water partition coefficient (Wildman–Crippen LogP) is 4.58. The highest BCUT2D eigenvalue weighted by atomic mass is 32.2. The molecule has 1 atom stereocenters. The van der Waals surface area contributed by atoms with Gasteiger partial charge in [-0.05, 0) is 38.1 Å². The fourth-order valence-electron chi connectivity index (χ4n) is 3.08. The Morgan fingerprint density at radius 1 is 0.962 bits per heavy atom. The van der Waals surface area contributed by atoms with Crippen LogP contribution in [-0.4, -0.2) is 24.5 Å². The molecule has 0 saturated heterocycles. The Bertz CT molecular complexity index is 1260. The monoisotopic (exact) mass is 361 g/mol. The van der Waals surface area contributed by atoms with Crippen molar-refractivity contribution in [1.82, 2.24) is 24.5 Å². The summed E-state index contributed by atoms with van der Waals surface area (Å²) in [6, 6.07) is 16.2. The Hall–Kier alpha value is -2.93. The van der Waals surface area contributed by atoms with Gasteiger partial charge in [-0.3, -0.25) is 4.40 Å². The number of benzene rings is 2. The predicted molar refractivity (Wildman–Crippen MR) is 101 cm³/mol. The van der Waals surface area contributed by atoms with Gasteiger partial charge in [0.1, 0.15) is 5.65 Å². The highest BCUT2D eigenvalue weighted by Gasteiger charge is 2.20. The Morgan fingerprint density at radius 2 is 1.73 bits per heavy atom. The molecule has 0 spiro atoms. The highest BCUT2D eigenvalue weighted by Crippen LogP contribution is 2.36. The maximum absolute atomic E-state index is 5.33. The molecule has 5 aromatic rings. The van der Waals surface area contributed by atoms with Gasteiger partial charge in [-0.15, -0.1) is 0 Å². The number of imidazole rings is 1. The van der Waals surface area contributed by atoms with Crippen LogP contribution in [0.2, 0.25) is 0 Å². The summed E-state index contributed by atoms with van der Waals surface area (Å²) in [5.74, 6) is 1.23. The molecule has 0 saturated carbocycles. The molecule has 0 aliphatic rings. The largest absolute Gasteiger partial charge is 0.338 e. The van der Waals surface area contributed by atoms with Crippen molar-refractivity contribution in [3.05, 3.63) is 60.2 Å². The van der Waals surface area contributed by atoms with E-state index in [0.717, 1.165) is 32.7 Å². The topological polar surface area (TPSA) is 69.1 Å². The SMILES string of the molecule is Cc1noc([C@@H](C)Sc2nc3ccccc3c3nc4ccccc4n23)n1. The maximum Gasteiger partial charge on any atom is 0.239 e. The summed E-state index contributed by atoms with van der Waals surface area (Å²) in [7, 11) is 0. The van der Waals surface area contributed by atoms with Crippen LogP contribution in [0.15, 0.2) is 58.2 Å². The standard InChI is InChI=1S/C19H15N5OS/c1-11(18-20-12(2)23-25-18)26-19-22-14-8-4-3-7-13(14)17-21-15-9-5-6-10-16(15)24(17)19/h3-11H,1-2H3/t11-/m1/s1. The first kappa shape index (κ1) is 15.3. The summed E-state index contributed by atoms with van der Waals surface area (Å²) in [6.07, 6.45) is 0. The number of para-hydroxylation sites is 3. The third kappa shape index (κ3) is 2.35. The van der Waals surface area contributed by atoms with Crippen LogP contribution in [0.5, 0.6) is 0 Å². The number of rotatable bonds is 3. The fraction of sp³-hybridized carbons (Fsp3) is 0.158. The summed E-state index contributed by atoms with van der Waals surface area (Å²) < 4.78 is 7.45. The van der Waals surface area contributed by atoms with Crippen LogP contribution in [0.3, 0.4) is 0 Å². The second-order valence-corrected chi connectivity index (χ2v) is 7.42. The van der Waals surface area contributed by atoms with Gasteiger partial charge >= 0.3 is 0 Å². The van der Waals surface area contributed by atoms with Gasteiger partial charge in [0.05, 0.1) is 21.8 Å². The van der Waals surface area contributed by atoms with E-state index < -0.39 is 0 Å². The van der Waals surface area contributed by atoms with Gasteiger partial charge < -0.3 is 4.52 Å². The second kappa shape index (κ2) is 5.81. The van der Waals surface area contributed by atoms with Gasteiger partial charge in [0, 0.05) is 5.39 Å². The lowest BCUT2D eigenvalue weighted by atomic mass is 10.2. The third-order valence-electron chi connectivity index (χ3n) is 4.29. The summed E-state index contributed by atoms with van der Waals surface area (Å²) in [5, 5.41) is 5.77. The molecule has 0 aliphatic carbocycles. The third-order valence-corrected chi connectivity index (χ3v) is 5.33. The molecule has 0 aliphatic heterocycles. The number of nitrogens with zero attached hydrogens (tertiary/aromatic N) is 5. The van der Waals surface area contributed by atoms with Crippen LogP contribution < -0.4 is 0 Å². The first-order valence-corrected chi connectivity index (χ1v) is 9.21. The van der Waals surface area contributed by atoms with Gasteiger partial charge in [-0.2, -0.15) is 4.98 Å². The quantitative estimate of drug-likeness (QED) is 0.346. The van der Waals surface area contributed by atoms with Crippen molar-refractivity contribution in [1.29, 1.82) is 0 Å². The van der Waals surface area contributed by atoms with Gasteiger partial charge in [0.2, 0.25) is 5.89 Å². The van der Waals surface area contributed by atoms with Gasteiger partial charge in [0.15, 0.2) is 11.0 Å². The molecule has 128 valence electrons. The average Bonchev–Trinajstić information content (AvgIpc) is 3.26. The van der Waals surface area contributed by atoms with Crippen LogP contribution >= 0.6 is 11.8 Å². The van der Waals surface area contributed by atoms with Gasteiger partial charge in [0.25, 0.3) is 0 Å². The number of thioether (sulfide) groups is 1. The molecule has 0 bridgehead atoms. The van der Waals surface area contributed by atoms with Crippen molar-refractivity contribution in [2.75, 3.05) is 0 Å². The van der Waals surface area contributed by atoms with E-state index >= 15 is 0 Å². The molecule has 3 heterocycles. The molecule has 5 rings (SSSR count). The summed E-state index contributed by atoms with van der Waals surface area (Å²) in [4.78, 5) is 14.1. The highest BCUT2D eigenvalue weighted by molar-refractivity contribution is 7.99. The molecule has 7 heteroatoms. The maximum atomic E-state index is 5.33. The van der Waals surface area contributed by atoms with Crippen LogP contribution in [-0.2, 0) is 0 Å². The smallest absolute Gasteiger partial charge is 0.239 e. The number of aryl methyl sites for hydroxylation is 1. The molecule has 0 N–H and O–H groups in total. The zero-order valence-electron chi connectivity index (χ0n) is 14.2. The Labute approximate surface area is 153 Å². The lowest BCUT2D eigenvalue weighted by molar-refractivity contribution is 0.376. The van der Waals surface area contributed by atoms with E-state index in [2.05, 4.69) is 26.7 Å². The van der Waals surface area contributed by atoms with Crippen molar-refractivity contribution in [3.63, 3.8) is 0 Å². The van der Waals surface area contributed by atoms with Crippen LogP contribution in [0, 0.1) is 6.92 Å². The number of hydrogen-bond acceptors (Lipinski definition) is 6. The summed E-state index contributed by atoms with van der Waals surface area (Å²) in [5.41, 5.74) is 3.82. The zero-order chi connectivity index (χ0) is 17.7. The molecule has 0 amide bonds. The normalized spacial score (nSPS) is 13.0. The molecule has 2 aromatic carbocycles. The summed E-state index contributed by atoms with van der Waals surface area (Å²) in [6.45, 7) is 3.86. The lowest BCUT2D eigenvalue weighted by Gasteiger charge is -2.10. The summed E-state index contributed by atoms with van der Waals surface area (Å²) >= 11 is 1.59. The molecule has 0 fully saturated rings. The molecule has 26 heavy (non-hydrogen) atoms. The molecular formula is C19H15N5OS. The van der Waals surface area contributed by atoms with Crippen molar-refractivity contribution < 1.29 is 4.52 Å². The minimum atomic E-state index is -0.0192. The van der Waals surface area contributed by atoms with E-state index in [1.807, 2.05) is 50.2 Å². The number of aromatic nitrogens is 5. The Balaban J connectivity index is 1.76. The minimum absolute atomic E-state index is 0.0192. The fourth-order valence-corrected chi connectivity index (χ4v) is 4.03. The molecule has 6 nitrogen and oxygen atoms in total. The average molecular weight is 361 g/mol. The first-order valence-electron chi connectivity index (χ1n) is 8.33. The molecule has 3 aromatic heterocycles. The van der Waals surface area contributed by atoms with Crippen molar-refractivity contribution in [3.8, 4) is 0 Å². The Morgan fingerprint density at radius 3 is 2.54 bits per heavy atom. The zero-order valence-corrected chi connectivity index (χ0v) is 15.1. The molecule has 0 radical (unpaired) electrons. The van der Waals surface area contributed by atoms with Crippen LogP contribution in [0.1, 0.15) is 23.9 Å². The second-order valence-electron chi connectivity index (χ2n) is 6.11. The number of hydrogen-bond donors (Lipinski definition) is 0. The molecular weight excluding hydrogens is 346 g/mol. The van der Waals surface area contributed by atoms with E-state index in [1.54, 1.807) is 11.8 Å². The van der Waals surface area contributed by atoms with Crippen LogP contribution in [0.25, 0.3) is 27.6 Å². The first-order chi connectivity index (χ1) is 12.7. The van der Waals surface area contributed by atoms with Gasteiger partial charge in [-0.25, -0.2) is 9.97 Å². The van der Waals surface area contributed by atoms with E-state index in [1.165, 1.54) is 0 Å². The van der Waals surface area contributed by atoms with Gasteiger partial charge in [-0.1, -0.05) is 41.2 Å². The number of fused-ring (bicyclic) bond motifs is 5. The molecule has 0 unspecified atom stereocenters. The van der Waals surface area contributed by atoms with E-state index in [9.17, 15) is 0 Å². The van der Waals surface area contributed by atoms with E-state index in [4.69, 9.17) is 14.5 Å². The van der Waals surface area contributed by atoms with Crippen molar-refractivity contribution >= 4 is 39.3 Å². The lowest BCUT2D eigenvalue weighted by Crippen LogP contribution is -1.99. The Kier molecular flexibility index (Phi) is 3.43. The van der Waals surface area contributed by atoms with Crippen molar-refractivity contribution in [2.45, 2.75) is 24.3 Å². The van der Waals surface area contributed by atoms with Crippen molar-refractivity contribution in [2.24, 2.45) is 0 Å². The minimum Gasteiger partial charge on any atom is -0.338 e. The van der Waals surface area contributed by atoms with E-state index in [0.29, 0.717) is 11.7 Å². The van der Waals surface area contributed by atoms with E-state index in [-0.39, 0.29) is 5.25 Å². The van der Waals surface area contributed by atoms with Crippen LogP contribution in [0.4, 0.5) is 0 Å².